The van der Waals surface area contributed by atoms with Crippen molar-refractivity contribution in [3.63, 3.8) is 0 Å². The van der Waals surface area contributed by atoms with Crippen LogP contribution in [0.1, 0.15) is 38.5 Å². The summed E-state index contributed by atoms with van der Waals surface area (Å²) in [6.07, 6.45) is 3.11. The number of aliphatic hydroxyl groups is 1. The van der Waals surface area contributed by atoms with Gasteiger partial charge in [-0.05, 0) is 40.4 Å². The van der Waals surface area contributed by atoms with Crippen molar-refractivity contribution in [2.75, 3.05) is 0 Å². The molecule has 0 amide bonds. The van der Waals surface area contributed by atoms with Gasteiger partial charge in [0.2, 0.25) is 0 Å². The molecule has 0 aliphatic heterocycles. The Balaban J connectivity index is 2.69. The quantitative estimate of drug-likeness (QED) is 0.898. The van der Waals surface area contributed by atoms with Gasteiger partial charge in [-0.25, -0.2) is 0 Å². The summed E-state index contributed by atoms with van der Waals surface area (Å²) < 4.78 is 0.885. The highest BCUT2D eigenvalue weighted by molar-refractivity contribution is 9.10. The molecule has 0 saturated carbocycles. The van der Waals surface area contributed by atoms with Crippen molar-refractivity contribution >= 4 is 15.9 Å². The molecule has 1 N–H and O–H groups in total. The highest BCUT2D eigenvalue weighted by atomic mass is 79.9. The van der Waals surface area contributed by atoms with Gasteiger partial charge in [0.1, 0.15) is 0 Å². The van der Waals surface area contributed by atoms with E-state index >= 15 is 0 Å². The Bertz CT molecular complexity index is 290. The second-order valence-electron chi connectivity index (χ2n) is 3.64. The average molecular weight is 258 g/mol. The molecule has 2 nitrogen and oxygen atoms in total. The summed E-state index contributed by atoms with van der Waals surface area (Å²) in [5, 5.41) is 9.91. The zero-order chi connectivity index (χ0) is 10.6. The van der Waals surface area contributed by atoms with Gasteiger partial charge in [0.25, 0.3) is 0 Å². The summed E-state index contributed by atoms with van der Waals surface area (Å²) in [5.41, 5.74) is 0.743. The van der Waals surface area contributed by atoms with E-state index in [2.05, 4.69) is 34.8 Å². The summed E-state index contributed by atoms with van der Waals surface area (Å²) in [6, 6.07) is 3.76. The number of pyridine rings is 1. The Hall–Kier alpha value is -0.410. The van der Waals surface area contributed by atoms with Gasteiger partial charge in [-0.1, -0.05) is 20.3 Å². The standard InChI is InChI=1S/C11H16BrNO/c1-3-8(2)7-10(14)11-9(12)5-4-6-13-11/h4-6,8,10,14H,3,7H2,1-2H3. The highest BCUT2D eigenvalue weighted by Gasteiger charge is 2.14. The van der Waals surface area contributed by atoms with Crippen LogP contribution < -0.4 is 0 Å². The molecule has 0 saturated heterocycles. The first-order valence-corrected chi connectivity index (χ1v) is 5.73. The number of nitrogens with zero attached hydrogens (tertiary/aromatic N) is 1. The predicted octanol–water partition coefficient (Wildman–Crippen LogP) is 3.31. The van der Waals surface area contributed by atoms with E-state index in [1.165, 1.54) is 0 Å². The fourth-order valence-electron chi connectivity index (χ4n) is 1.30. The van der Waals surface area contributed by atoms with E-state index in [9.17, 15) is 5.11 Å². The molecule has 2 atom stereocenters. The molecule has 0 fully saturated rings. The van der Waals surface area contributed by atoms with Crippen LogP contribution in [0.2, 0.25) is 0 Å². The van der Waals surface area contributed by atoms with E-state index in [1.807, 2.05) is 12.1 Å². The van der Waals surface area contributed by atoms with Crippen LogP contribution in [0.5, 0.6) is 0 Å². The summed E-state index contributed by atoms with van der Waals surface area (Å²) >= 11 is 3.39. The van der Waals surface area contributed by atoms with E-state index in [4.69, 9.17) is 0 Å². The van der Waals surface area contributed by atoms with Crippen LogP contribution >= 0.6 is 15.9 Å². The molecule has 1 heterocycles. The van der Waals surface area contributed by atoms with Gasteiger partial charge in [-0.3, -0.25) is 4.98 Å². The van der Waals surface area contributed by atoms with Crippen molar-refractivity contribution in [1.29, 1.82) is 0 Å². The topological polar surface area (TPSA) is 33.1 Å². The van der Waals surface area contributed by atoms with Crippen molar-refractivity contribution in [3.05, 3.63) is 28.5 Å². The van der Waals surface area contributed by atoms with Crippen molar-refractivity contribution in [3.8, 4) is 0 Å². The second-order valence-corrected chi connectivity index (χ2v) is 4.49. The molecule has 0 aliphatic rings. The smallest absolute Gasteiger partial charge is 0.0973 e. The van der Waals surface area contributed by atoms with Gasteiger partial charge >= 0.3 is 0 Å². The molecule has 78 valence electrons. The molecule has 1 rings (SSSR count). The highest BCUT2D eigenvalue weighted by Crippen LogP contribution is 2.26. The minimum Gasteiger partial charge on any atom is -0.387 e. The van der Waals surface area contributed by atoms with Gasteiger partial charge < -0.3 is 5.11 Å². The maximum atomic E-state index is 9.91. The molecule has 0 aliphatic carbocycles. The van der Waals surface area contributed by atoms with Crippen LogP contribution in [0.25, 0.3) is 0 Å². The summed E-state index contributed by atoms with van der Waals surface area (Å²) in [5.74, 6) is 0.527. The zero-order valence-corrected chi connectivity index (χ0v) is 10.2. The van der Waals surface area contributed by atoms with Crippen LogP contribution in [-0.4, -0.2) is 10.1 Å². The predicted molar refractivity (Wildman–Crippen MR) is 61.0 cm³/mol. The molecular formula is C11H16BrNO. The van der Waals surface area contributed by atoms with Crippen LogP contribution in [0.3, 0.4) is 0 Å². The molecule has 0 radical (unpaired) electrons. The third-order valence-corrected chi connectivity index (χ3v) is 3.10. The largest absolute Gasteiger partial charge is 0.387 e. The Kier molecular flexibility index (Phi) is 4.55. The Morgan fingerprint density at radius 3 is 2.86 bits per heavy atom. The third-order valence-electron chi connectivity index (χ3n) is 2.43. The molecule has 3 heteroatoms. The molecule has 14 heavy (non-hydrogen) atoms. The van der Waals surface area contributed by atoms with Crippen LogP contribution in [0, 0.1) is 5.92 Å². The minimum atomic E-state index is -0.458. The number of hydrogen-bond acceptors (Lipinski definition) is 2. The first-order chi connectivity index (χ1) is 6.65. The molecule has 0 aromatic carbocycles. The van der Waals surface area contributed by atoms with Gasteiger partial charge in [0.05, 0.1) is 11.8 Å². The van der Waals surface area contributed by atoms with E-state index in [0.717, 1.165) is 23.0 Å². The van der Waals surface area contributed by atoms with E-state index in [-0.39, 0.29) is 0 Å². The van der Waals surface area contributed by atoms with Crippen molar-refractivity contribution in [2.45, 2.75) is 32.8 Å². The zero-order valence-electron chi connectivity index (χ0n) is 8.57. The number of hydrogen-bond donors (Lipinski definition) is 1. The molecule has 2 unspecified atom stereocenters. The van der Waals surface area contributed by atoms with E-state index in [0.29, 0.717) is 5.92 Å². The number of aromatic nitrogens is 1. The van der Waals surface area contributed by atoms with Gasteiger partial charge in [-0.2, -0.15) is 0 Å². The Labute approximate surface area is 93.5 Å². The van der Waals surface area contributed by atoms with Crippen molar-refractivity contribution in [1.82, 2.24) is 4.98 Å². The lowest BCUT2D eigenvalue weighted by Gasteiger charge is -2.15. The van der Waals surface area contributed by atoms with Gasteiger partial charge in [0, 0.05) is 10.7 Å². The lowest BCUT2D eigenvalue weighted by atomic mass is 9.99. The maximum absolute atomic E-state index is 9.91. The molecule has 0 spiro atoms. The number of aliphatic hydroxyl groups excluding tert-OH is 1. The summed E-state index contributed by atoms with van der Waals surface area (Å²) in [6.45, 7) is 4.27. The fraction of sp³-hybridized carbons (Fsp3) is 0.545. The monoisotopic (exact) mass is 257 g/mol. The molecular weight excluding hydrogens is 242 g/mol. The summed E-state index contributed by atoms with van der Waals surface area (Å²) in [4.78, 5) is 4.17. The average Bonchev–Trinajstić information content (AvgIpc) is 2.18. The first kappa shape index (κ1) is 11.7. The molecule has 1 aromatic rings. The minimum absolute atomic E-state index is 0.458. The SMILES string of the molecule is CCC(C)CC(O)c1ncccc1Br. The van der Waals surface area contributed by atoms with Crippen LogP contribution in [0.15, 0.2) is 22.8 Å². The Morgan fingerprint density at radius 2 is 2.29 bits per heavy atom. The summed E-state index contributed by atoms with van der Waals surface area (Å²) in [7, 11) is 0. The van der Waals surface area contributed by atoms with Crippen molar-refractivity contribution in [2.24, 2.45) is 5.92 Å². The second kappa shape index (κ2) is 5.47. The Morgan fingerprint density at radius 1 is 1.57 bits per heavy atom. The molecule has 0 bridgehead atoms. The molecule has 1 aromatic heterocycles. The van der Waals surface area contributed by atoms with E-state index < -0.39 is 6.10 Å². The maximum Gasteiger partial charge on any atom is 0.0973 e. The van der Waals surface area contributed by atoms with Gasteiger partial charge in [0.15, 0.2) is 0 Å². The normalized spacial score (nSPS) is 15.1. The van der Waals surface area contributed by atoms with Crippen LogP contribution in [0.4, 0.5) is 0 Å². The third kappa shape index (κ3) is 3.07. The van der Waals surface area contributed by atoms with E-state index in [1.54, 1.807) is 6.20 Å². The lowest BCUT2D eigenvalue weighted by Crippen LogP contribution is -2.06. The number of rotatable bonds is 4. The first-order valence-electron chi connectivity index (χ1n) is 4.93. The lowest BCUT2D eigenvalue weighted by molar-refractivity contribution is 0.141. The van der Waals surface area contributed by atoms with Gasteiger partial charge in [-0.15, -0.1) is 0 Å². The van der Waals surface area contributed by atoms with Crippen LogP contribution in [-0.2, 0) is 0 Å². The fourth-order valence-corrected chi connectivity index (χ4v) is 1.82. The van der Waals surface area contributed by atoms with Crippen molar-refractivity contribution < 1.29 is 5.11 Å². The number of halogens is 1.